The van der Waals surface area contributed by atoms with Gasteiger partial charge in [0.2, 0.25) is 0 Å². The van der Waals surface area contributed by atoms with Crippen LogP contribution in [0.5, 0.6) is 0 Å². The highest BCUT2D eigenvalue weighted by Gasteiger charge is 2.62. The van der Waals surface area contributed by atoms with Gasteiger partial charge in [-0.15, -0.1) is 0 Å². The molecule has 1 aliphatic heterocycles. The first-order chi connectivity index (χ1) is 11.3. The van der Waals surface area contributed by atoms with E-state index < -0.39 is 17.9 Å². The molecule has 1 heterocycles. The number of halogens is 4. The fourth-order valence-electron chi connectivity index (χ4n) is 2.30. The lowest BCUT2D eigenvalue weighted by atomic mass is 9.90. The molecule has 0 saturated heterocycles. The fraction of sp³-hybridized carbons (Fsp3) is 0.118. The van der Waals surface area contributed by atoms with Crippen LogP contribution in [-0.2, 0) is 10.3 Å². The van der Waals surface area contributed by atoms with Crippen LogP contribution in [0.25, 0.3) is 0 Å². The number of cyclic esters (lactones) is 1. The smallest absolute Gasteiger partial charge is 0.415 e. The van der Waals surface area contributed by atoms with E-state index in [4.69, 9.17) is 11.6 Å². The summed E-state index contributed by atoms with van der Waals surface area (Å²) in [6.45, 7) is 0. The van der Waals surface area contributed by atoms with E-state index >= 15 is 0 Å². The zero-order chi connectivity index (χ0) is 17.4. The molecule has 1 atom stereocenters. The van der Waals surface area contributed by atoms with Crippen molar-refractivity contribution in [3.63, 3.8) is 0 Å². The maximum atomic E-state index is 13.8. The van der Waals surface area contributed by atoms with Crippen molar-refractivity contribution in [3.05, 3.63) is 64.7 Å². The molecule has 7 heteroatoms. The van der Waals surface area contributed by atoms with Crippen LogP contribution in [0.3, 0.4) is 0 Å². The number of anilines is 1. The minimum Gasteiger partial charge on any atom is -0.415 e. The Labute approximate surface area is 140 Å². The van der Waals surface area contributed by atoms with Gasteiger partial charge in [0.05, 0.1) is 5.69 Å². The number of carbonyl (C=O) groups excluding carboxylic acids is 1. The molecule has 0 saturated carbocycles. The number of benzene rings is 2. The first kappa shape index (κ1) is 16.2. The van der Waals surface area contributed by atoms with Crippen LogP contribution in [0, 0.1) is 11.8 Å². The molecule has 0 unspecified atom stereocenters. The maximum absolute atomic E-state index is 13.8. The van der Waals surface area contributed by atoms with E-state index in [0.29, 0.717) is 5.56 Å². The summed E-state index contributed by atoms with van der Waals surface area (Å²) in [6, 6.07) is 11.8. The molecule has 1 amide bonds. The van der Waals surface area contributed by atoms with Crippen LogP contribution in [0.15, 0.2) is 48.5 Å². The van der Waals surface area contributed by atoms with Crippen LogP contribution >= 0.6 is 11.6 Å². The Hall–Kier alpha value is -2.65. The molecule has 0 spiro atoms. The van der Waals surface area contributed by atoms with E-state index in [2.05, 4.69) is 21.9 Å². The molecule has 0 radical (unpaired) electrons. The largest absolute Gasteiger partial charge is 0.445 e. The molecule has 0 bridgehead atoms. The normalized spacial score (nSPS) is 19.4. The highest BCUT2D eigenvalue weighted by molar-refractivity contribution is 6.30. The third-order valence-electron chi connectivity index (χ3n) is 3.40. The van der Waals surface area contributed by atoms with Crippen molar-refractivity contribution in [2.75, 3.05) is 5.32 Å². The Bertz CT molecular complexity index is 856. The molecule has 1 N–H and O–H groups in total. The van der Waals surface area contributed by atoms with E-state index in [-0.39, 0.29) is 16.3 Å². The molecule has 1 aliphatic rings. The fourth-order valence-corrected chi connectivity index (χ4v) is 2.47. The number of nitrogens with one attached hydrogen (secondary N) is 1. The van der Waals surface area contributed by atoms with Gasteiger partial charge in [0, 0.05) is 16.1 Å². The molecule has 0 aliphatic carbocycles. The molecular formula is C17H9ClF3NO2. The highest BCUT2D eigenvalue weighted by atomic mass is 35.5. The van der Waals surface area contributed by atoms with Crippen molar-refractivity contribution in [2.45, 2.75) is 11.8 Å². The number of fused-ring (bicyclic) bond motifs is 1. The predicted molar refractivity (Wildman–Crippen MR) is 82.6 cm³/mol. The Balaban J connectivity index is 2.23. The van der Waals surface area contributed by atoms with Gasteiger partial charge in [-0.1, -0.05) is 35.7 Å². The second kappa shape index (κ2) is 5.77. The molecule has 2 aromatic carbocycles. The Morgan fingerprint density at radius 3 is 2.50 bits per heavy atom. The Morgan fingerprint density at radius 1 is 1.12 bits per heavy atom. The summed E-state index contributed by atoms with van der Waals surface area (Å²) >= 11 is 5.82. The Kier molecular flexibility index (Phi) is 3.90. The second-order valence-corrected chi connectivity index (χ2v) is 5.44. The van der Waals surface area contributed by atoms with E-state index in [0.717, 1.165) is 6.07 Å². The first-order valence-electron chi connectivity index (χ1n) is 6.77. The number of rotatable bonds is 0. The lowest BCUT2D eigenvalue weighted by molar-refractivity contribution is -0.239. The molecular weight excluding hydrogens is 343 g/mol. The van der Waals surface area contributed by atoms with Crippen molar-refractivity contribution in [3.8, 4) is 11.8 Å². The number of hydrogen-bond acceptors (Lipinski definition) is 2. The predicted octanol–water partition coefficient (Wildman–Crippen LogP) is 4.71. The number of carbonyl (C=O) groups is 1. The quantitative estimate of drug-likeness (QED) is 0.698. The Morgan fingerprint density at radius 2 is 1.83 bits per heavy atom. The van der Waals surface area contributed by atoms with Crippen LogP contribution in [-0.4, -0.2) is 12.3 Å². The first-order valence-corrected chi connectivity index (χ1v) is 7.14. The number of ether oxygens (including phenoxy) is 1. The van der Waals surface area contributed by atoms with E-state index in [1.165, 1.54) is 12.1 Å². The number of amides is 1. The molecule has 24 heavy (non-hydrogen) atoms. The van der Waals surface area contributed by atoms with Crippen LogP contribution < -0.4 is 5.32 Å². The molecule has 2 aromatic rings. The topological polar surface area (TPSA) is 38.3 Å². The van der Waals surface area contributed by atoms with Gasteiger partial charge in [-0.3, -0.25) is 5.32 Å². The van der Waals surface area contributed by atoms with Gasteiger partial charge in [-0.25, -0.2) is 4.79 Å². The van der Waals surface area contributed by atoms with Gasteiger partial charge in [-0.05, 0) is 36.3 Å². The third-order valence-corrected chi connectivity index (χ3v) is 3.63. The van der Waals surface area contributed by atoms with E-state index in [1.54, 1.807) is 30.3 Å². The molecule has 0 fully saturated rings. The van der Waals surface area contributed by atoms with Crippen LogP contribution in [0.2, 0.25) is 5.02 Å². The van der Waals surface area contributed by atoms with Crippen molar-refractivity contribution in [2.24, 2.45) is 0 Å². The molecule has 3 nitrogen and oxygen atoms in total. The molecule has 3 rings (SSSR count). The van der Waals surface area contributed by atoms with Gasteiger partial charge in [0.25, 0.3) is 5.60 Å². The standard InChI is InChI=1S/C17H9ClF3NO2/c18-12-6-7-14-13(10-12)16(17(19,20)21,24-15(23)22-14)9-8-11-4-2-1-3-5-11/h1-7,10H,(H,22,23)/t16-/m0/s1. The monoisotopic (exact) mass is 351 g/mol. The van der Waals surface area contributed by atoms with E-state index in [1.807, 2.05) is 0 Å². The molecule has 122 valence electrons. The van der Waals surface area contributed by atoms with Gasteiger partial charge in [0.15, 0.2) is 0 Å². The third kappa shape index (κ3) is 2.79. The summed E-state index contributed by atoms with van der Waals surface area (Å²) in [7, 11) is 0. The van der Waals surface area contributed by atoms with Crippen LogP contribution in [0.1, 0.15) is 11.1 Å². The SMILES string of the molecule is O=C1Nc2ccc(Cl)cc2[C@@](C#Cc2ccccc2)(C(F)(F)F)O1. The van der Waals surface area contributed by atoms with Crippen molar-refractivity contribution in [1.82, 2.24) is 0 Å². The van der Waals surface area contributed by atoms with Crippen molar-refractivity contribution < 1.29 is 22.7 Å². The second-order valence-electron chi connectivity index (χ2n) is 5.00. The lowest BCUT2D eigenvalue weighted by Crippen LogP contribution is -2.49. The highest BCUT2D eigenvalue weighted by Crippen LogP contribution is 2.47. The summed E-state index contributed by atoms with van der Waals surface area (Å²) < 4.78 is 46.1. The average molecular weight is 352 g/mol. The maximum Gasteiger partial charge on any atom is 0.445 e. The summed E-state index contributed by atoms with van der Waals surface area (Å²) in [5, 5.41) is 2.30. The van der Waals surface area contributed by atoms with Crippen LogP contribution in [0.4, 0.5) is 23.7 Å². The lowest BCUT2D eigenvalue weighted by Gasteiger charge is -2.35. The molecule has 0 aromatic heterocycles. The van der Waals surface area contributed by atoms with Gasteiger partial charge in [0.1, 0.15) is 0 Å². The summed E-state index contributed by atoms with van der Waals surface area (Å²) in [5.41, 5.74) is -3.13. The average Bonchev–Trinajstić information content (AvgIpc) is 2.53. The van der Waals surface area contributed by atoms with Crippen molar-refractivity contribution in [1.29, 1.82) is 0 Å². The zero-order valence-electron chi connectivity index (χ0n) is 11.9. The van der Waals surface area contributed by atoms with Gasteiger partial charge < -0.3 is 4.74 Å². The minimum atomic E-state index is -4.95. The summed E-state index contributed by atoms with van der Waals surface area (Å²) in [4.78, 5) is 11.7. The summed E-state index contributed by atoms with van der Waals surface area (Å²) in [5.74, 6) is 4.51. The number of alkyl halides is 3. The summed E-state index contributed by atoms with van der Waals surface area (Å²) in [6.07, 6.45) is -6.18. The van der Waals surface area contributed by atoms with Crippen molar-refractivity contribution >= 4 is 23.4 Å². The van der Waals surface area contributed by atoms with E-state index in [9.17, 15) is 18.0 Å². The zero-order valence-corrected chi connectivity index (χ0v) is 12.7. The van der Waals surface area contributed by atoms with Gasteiger partial charge in [-0.2, -0.15) is 13.2 Å². The number of hydrogen-bond donors (Lipinski definition) is 1. The minimum absolute atomic E-state index is 0.0460. The van der Waals surface area contributed by atoms with Gasteiger partial charge >= 0.3 is 12.3 Å².